The molecule has 0 aromatic heterocycles. The molecule has 0 bridgehead atoms. The molecule has 1 rings (SSSR count). The summed E-state index contributed by atoms with van der Waals surface area (Å²) in [5, 5.41) is 0. The number of carbonyl (C=O) groups is 2. The highest BCUT2D eigenvalue weighted by Crippen LogP contribution is 2.12. The Morgan fingerprint density at radius 1 is 0.880 bits per heavy atom. The zero-order valence-electron chi connectivity index (χ0n) is 16.3. The predicted octanol–water partition coefficient (Wildman–Crippen LogP) is 3.17. The topological polar surface area (TPSA) is 49.9 Å². The summed E-state index contributed by atoms with van der Waals surface area (Å²) in [6.07, 6.45) is 8.98. The maximum atomic E-state index is 12.2. The summed E-state index contributed by atoms with van der Waals surface area (Å²) in [5.41, 5.74) is 2.55. The monoisotopic (exact) mass is 350 g/mol. The summed E-state index contributed by atoms with van der Waals surface area (Å²) in [6.45, 7) is 7.83. The highest BCUT2D eigenvalue weighted by Gasteiger charge is 2.17. The normalized spacial score (nSPS) is 16.9. The van der Waals surface area contributed by atoms with Crippen molar-refractivity contribution in [3.8, 4) is 0 Å². The van der Waals surface area contributed by atoms with E-state index in [1.54, 1.807) is 0 Å². The molecule has 0 spiro atoms. The molecule has 1 aliphatic heterocycles. The first-order chi connectivity index (χ1) is 11.9. The Morgan fingerprint density at radius 3 is 2.04 bits per heavy atom. The van der Waals surface area contributed by atoms with Crippen LogP contribution in [0.1, 0.15) is 52.4 Å². The van der Waals surface area contributed by atoms with Crippen LogP contribution in [0.25, 0.3) is 0 Å². The van der Waals surface area contributed by atoms with E-state index in [-0.39, 0.29) is 11.9 Å². The number of esters is 1. The molecule has 0 aromatic carbocycles. The molecule has 1 saturated heterocycles. The molecule has 0 atom stereocenters. The highest BCUT2D eigenvalue weighted by atomic mass is 16.5. The Hall–Kier alpha value is -1.62. The number of allylic oxidation sites excluding steroid dienone is 4. The lowest BCUT2D eigenvalue weighted by Gasteiger charge is -2.32. The number of hydrogen-bond acceptors (Lipinski definition) is 4. The second kappa shape index (κ2) is 11.9. The molecule has 142 valence electrons. The van der Waals surface area contributed by atoms with Crippen LogP contribution in [0.2, 0.25) is 0 Å². The van der Waals surface area contributed by atoms with Crippen molar-refractivity contribution < 1.29 is 14.3 Å². The minimum Gasteiger partial charge on any atom is -0.469 e. The van der Waals surface area contributed by atoms with Crippen molar-refractivity contribution in [2.45, 2.75) is 52.4 Å². The minimum atomic E-state index is -0.158. The van der Waals surface area contributed by atoms with Crippen LogP contribution in [0.4, 0.5) is 0 Å². The third-order valence-electron chi connectivity index (χ3n) is 4.69. The van der Waals surface area contributed by atoms with Crippen LogP contribution in [0.15, 0.2) is 23.3 Å². The molecule has 0 radical (unpaired) electrons. The van der Waals surface area contributed by atoms with Gasteiger partial charge in [0, 0.05) is 39.0 Å². The SMILES string of the molecule is COC(=O)CC/C(C)=C\CC/C(C)=C\CCC(=O)N1CCN(C)CC1. The second-order valence-electron chi connectivity index (χ2n) is 6.94. The number of likely N-dealkylation sites (N-methyl/N-ethyl adjacent to an activating group) is 1. The van der Waals surface area contributed by atoms with Gasteiger partial charge in [0.2, 0.25) is 5.91 Å². The first-order valence-electron chi connectivity index (χ1n) is 9.26. The van der Waals surface area contributed by atoms with Gasteiger partial charge in [0.15, 0.2) is 0 Å². The number of ether oxygens (including phenoxy) is 1. The van der Waals surface area contributed by atoms with Crippen molar-refractivity contribution in [1.29, 1.82) is 0 Å². The third kappa shape index (κ3) is 9.44. The van der Waals surface area contributed by atoms with E-state index >= 15 is 0 Å². The van der Waals surface area contributed by atoms with Gasteiger partial charge in [-0.05, 0) is 46.6 Å². The van der Waals surface area contributed by atoms with Crippen LogP contribution in [-0.4, -0.2) is 62.0 Å². The maximum Gasteiger partial charge on any atom is 0.305 e. The van der Waals surface area contributed by atoms with Crippen LogP contribution in [0.5, 0.6) is 0 Å². The van der Waals surface area contributed by atoms with Gasteiger partial charge in [-0.1, -0.05) is 23.3 Å². The van der Waals surface area contributed by atoms with Crippen molar-refractivity contribution in [2.24, 2.45) is 0 Å². The van der Waals surface area contributed by atoms with Crippen molar-refractivity contribution in [1.82, 2.24) is 9.80 Å². The maximum absolute atomic E-state index is 12.2. The highest BCUT2D eigenvalue weighted by molar-refractivity contribution is 5.76. The fraction of sp³-hybridized carbons (Fsp3) is 0.700. The molecule has 1 aliphatic rings. The zero-order valence-corrected chi connectivity index (χ0v) is 16.3. The van der Waals surface area contributed by atoms with Crippen LogP contribution in [-0.2, 0) is 14.3 Å². The molecular formula is C20H34N2O3. The molecule has 1 amide bonds. The number of carbonyl (C=O) groups excluding carboxylic acids is 2. The van der Waals surface area contributed by atoms with Gasteiger partial charge < -0.3 is 14.5 Å². The van der Waals surface area contributed by atoms with E-state index < -0.39 is 0 Å². The van der Waals surface area contributed by atoms with Crippen molar-refractivity contribution in [3.63, 3.8) is 0 Å². The molecular weight excluding hydrogens is 316 g/mol. The largest absolute Gasteiger partial charge is 0.469 e. The number of piperazine rings is 1. The molecule has 0 N–H and O–H groups in total. The van der Waals surface area contributed by atoms with Crippen LogP contribution in [0.3, 0.4) is 0 Å². The van der Waals surface area contributed by atoms with E-state index in [1.807, 2.05) is 4.90 Å². The number of nitrogens with zero attached hydrogens (tertiary/aromatic N) is 2. The molecule has 0 aromatic rings. The van der Waals surface area contributed by atoms with E-state index in [0.717, 1.165) is 51.9 Å². The van der Waals surface area contributed by atoms with Crippen LogP contribution >= 0.6 is 0 Å². The first-order valence-corrected chi connectivity index (χ1v) is 9.26. The quantitative estimate of drug-likeness (QED) is 0.473. The molecule has 1 heterocycles. The lowest BCUT2D eigenvalue weighted by molar-refractivity contribution is -0.140. The van der Waals surface area contributed by atoms with Crippen LogP contribution < -0.4 is 0 Å². The van der Waals surface area contributed by atoms with Crippen molar-refractivity contribution in [2.75, 3.05) is 40.3 Å². The standard InChI is InChI=1S/C20H34N2O3/c1-17(7-5-8-18(2)11-12-20(24)25-4)9-6-10-19(23)22-15-13-21(3)14-16-22/h8-9H,5-7,10-16H2,1-4H3/b17-9-,18-8-. The summed E-state index contributed by atoms with van der Waals surface area (Å²) >= 11 is 0. The Kier molecular flexibility index (Phi) is 10.2. The minimum absolute atomic E-state index is 0.158. The number of hydrogen-bond donors (Lipinski definition) is 0. The molecule has 1 fully saturated rings. The molecule has 0 saturated carbocycles. The van der Waals surface area contributed by atoms with Gasteiger partial charge in [-0.3, -0.25) is 9.59 Å². The fourth-order valence-electron chi connectivity index (χ4n) is 2.81. The average molecular weight is 351 g/mol. The van der Waals surface area contributed by atoms with Gasteiger partial charge in [0.1, 0.15) is 0 Å². The lowest BCUT2D eigenvalue weighted by Crippen LogP contribution is -2.47. The summed E-state index contributed by atoms with van der Waals surface area (Å²) in [7, 11) is 3.52. The third-order valence-corrected chi connectivity index (χ3v) is 4.69. The van der Waals surface area contributed by atoms with E-state index in [4.69, 9.17) is 0 Å². The van der Waals surface area contributed by atoms with Gasteiger partial charge in [-0.2, -0.15) is 0 Å². The molecule has 0 unspecified atom stereocenters. The molecule has 25 heavy (non-hydrogen) atoms. The predicted molar refractivity (Wildman–Crippen MR) is 101 cm³/mol. The molecule has 5 nitrogen and oxygen atoms in total. The van der Waals surface area contributed by atoms with E-state index in [9.17, 15) is 9.59 Å². The Labute approximate surface area is 152 Å². The summed E-state index contributed by atoms with van der Waals surface area (Å²) in [4.78, 5) is 27.5. The zero-order chi connectivity index (χ0) is 18.7. The van der Waals surface area contributed by atoms with Gasteiger partial charge in [-0.15, -0.1) is 0 Å². The lowest BCUT2D eigenvalue weighted by atomic mass is 10.1. The first kappa shape index (κ1) is 21.4. The van der Waals surface area contributed by atoms with E-state index in [2.05, 4.69) is 42.7 Å². The van der Waals surface area contributed by atoms with Gasteiger partial charge in [0.25, 0.3) is 0 Å². The van der Waals surface area contributed by atoms with E-state index in [0.29, 0.717) is 12.8 Å². The number of rotatable bonds is 9. The van der Waals surface area contributed by atoms with Crippen molar-refractivity contribution >= 4 is 11.9 Å². The van der Waals surface area contributed by atoms with E-state index in [1.165, 1.54) is 18.3 Å². The Bertz CT molecular complexity index is 489. The van der Waals surface area contributed by atoms with Crippen molar-refractivity contribution in [3.05, 3.63) is 23.3 Å². The smallest absolute Gasteiger partial charge is 0.305 e. The summed E-state index contributed by atoms with van der Waals surface area (Å²) in [5.74, 6) is 0.115. The summed E-state index contributed by atoms with van der Waals surface area (Å²) < 4.78 is 4.65. The summed E-state index contributed by atoms with van der Waals surface area (Å²) in [6, 6.07) is 0. The molecule has 5 heteroatoms. The van der Waals surface area contributed by atoms with Gasteiger partial charge in [-0.25, -0.2) is 0 Å². The Balaban J connectivity index is 2.20. The molecule has 0 aliphatic carbocycles. The fourth-order valence-corrected chi connectivity index (χ4v) is 2.81. The average Bonchev–Trinajstić information content (AvgIpc) is 2.60. The second-order valence-corrected chi connectivity index (χ2v) is 6.94. The number of amides is 1. The van der Waals surface area contributed by atoms with Gasteiger partial charge in [0.05, 0.1) is 7.11 Å². The Morgan fingerprint density at radius 2 is 1.44 bits per heavy atom. The van der Waals surface area contributed by atoms with Gasteiger partial charge >= 0.3 is 5.97 Å². The van der Waals surface area contributed by atoms with Crippen LogP contribution in [0, 0.1) is 0 Å². The number of methoxy groups -OCH3 is 1.